The monoisotopic (exact) mass is 399 g/mol. The summed E-state index contributed by atoms with van der Waals surface area (Å²) in [6.45, 7) is 6.46. The topological polar surface area (TPSA) is 16.4 Å². The average Bonchev–Trinajstić information content (AvgIpc) is 3.14. The summed E-state index contributed by atoms with van der Waals surface area (Å²) in [6, 6.07) is 21.3. The third-order valence-electron chi connectivity index (χ3n) is 5.59. The lowest BCUT2D eigenvalue weighted by atomic mass is 10.1. The zero-order valence-electron chi connectivity index (χ0n) is 18.1. The maximum atomic E-state index is 6.15. The van der Waals surface area contributed by atoms with Gasteiger partial charge in [-0.1, -0.05) is 57.0 Å². The summed E-state index contributed by atoms with van der Waals surface area (Å²) in [5.41, 5.74) is 3.67. The molecule has 154 valence electrons. The van der Waals surface area contributed by atoms with Crippen LogP contribution in [0.5, 0.6) is 5.75 Å². The van der Waals surface area contributed by atoms with Crippen LogP contribution in [0.4, 0.5) is 5.69 Å². The van der Waals surface area contributed by atoms with Crippen LogP contribution in [0.3, 0.4) is 0 Å². The first-order chi connectivity index (χ1) is 14.8. The van der Waals surface area contributed by atoms with Gasteiger partial charge in [0.1, 0.15) is 6.54 Å². The third-order valence-corrected chi connectivity index (χ3v) is 5.59. The van der Waals surface area contributed by atoms with Crippen LogP contribution < -0.4 is 14.2 Å². The summed E-state index contributed by atoms with van der Waals surface area (Å²) in [5.74, 6) is 1.85. The van der Waals surface area contributed by atoms with Crippen molar-refractivity contribution in [1.82, 2.24) is 0 Å². The number of hydrogen-bond acceptors (Lipinski definition) is 2. The van der Waals surface area contributed by atoms with Crippen LogP contribution >= 0.6 is 0 Å². The molecule has 3 heteroatoms. The van der Waals surface area contributed by atoms with Crippen LogP contribution in [0.15, 0.2) is 78.7 Å². The Morgan fingerprint density at radius 1 is 0.900 bits per heavy atom. The Morgan fingerprint density at radius 3 is 2.57 bits per heavy atom. The van der Waals surface area contributed by atoms with E-state index in [2.05, 4.69) is 90.1 Å². The minimum atomic E-state index is 0.904. The van der Waals surface area contributed by atoms with Crippen molar-refractivity contribution in [3.05, 3.63) is 84.4 Å². The Labute approximate surface area is 179 Å². The molecule has 0 N–H and O–H groups in total. The molecule has 4 rings (SSSR count). The molecule has 0 aliphatic carbocycles. The van der Waals surface area contributed by atoms with Gasteiger partial charge >= 0.3 is 0 Å². The maximum Gasteiger partial charge on any atom is 0.212 e. The molecule has 3 aromatic rings. The molecule has 2 aromatic carbocycles. The van der Waals surface area contributed by atoms with Gasteiger partial charge < -0.3 is 9.64 Å². The number of nitrogens with zero attached hydrogens (tertiary/aromatic N) is 2. The molecular formula is C27H31N2O+. The second-order valence-corrected chi connectivity index (χ2v) is 7.76. The molecule has 1 aliphatic heterocycles. The van der Waals surface area contributed by atoms with Crippen molar-refractivity contribution >= 4 is 22.7 Å². The van der Waals surface area contributed by atoms with E-state index in [4.69, 9.17) is 4.74 Å². The summed E-state index contributed by atoms with van der Waals surface area (Å²) in [6.07, 6.45) is 11.1. The van der Waals surface area contributed by atoms with Gasteiger partial charge in [0.15, 0.2) is 5.75 Å². The first-order valence-corrected chi connectivity index (χ1v) is 11.2. The molecule has 1 aromatic heterocycles. The average molecular weight is 400 g/mol. The summed E-state index contributed by atoms with van der Waals surface area (Å²) >= 11 is 0. The highest BCUT2D eigenvalue weighted by atomic mass is 16.5. The predicted molar refractivity (Wildman–Crippen MR) is 125 cm³/mol. The molecule has 0 bridgehead atoms. The molecule has 1 aliphatic rings. The minimum Gasteiger partial charge on any atom is -0.439 e. The Kier molecular flexibility index (Phi) is 6.48. The lowest BCUT2D eigenvalue weighted by molar-refractivity contribution is -0.673. The van der Waals surface area contributed by atoms with Gasteiger partial charge in [-0.3, -0.25) is 0 Å². The van der Waals surface area contributed by atoms with Gasteiger partial charge in [0.2, 0.25) is 17.1 Å². The van der Waals surface area contributed by atoms with Crippen LogP contribution in [0.25, 0.3) is 17.0 Å². The van der Waals surface area contributed by atoms with E-state index < -0.39 is 0 Å². The minimum absolute atomic E-state index is 0.904. The van der Waals surface area contributed by atoms with Crippen LogP contribution in [0.1, 0.15) is 45.2 Å². The molecule has 0 amide bonds. The van der Waals surface area contributed by atoms with Gasteiger partial charge in [-0.2, -0.15) is 4.57 Å². The second kappa shape index (κ2) is 9.62. The van der Waals surface area contributed by atoms with E-state index in [0.717, 1.165) is 43.3 Å². The highest BCUT2D eigenvalue weighted by Crippen LogP contribution is 2.38. The fraction of sp³-hybridized carbons (Fsp3) is 0.296. The van der Waals surface area contributed by atoms with Gasteiger partial charge in [0.05, 0.1) is 5.69 Å². The molecule has 0 saturated heterocycles. The van der Waals surface area contributed by atoms with Crippen LogP contribution in [-0.4, -0.2) is 6.54 Å². The van der Waals surface area contributed by atoms with Crippen LogP contribution in [0.2, 0.25) is 0 Å². The number of ether oxygens (including phenoxy) is 1. The van der Waals surface area contributed by atoms with Gasteiger partial charge in [0, 0.05) is 36.6 Å². The number of aromatic nitrogens is 1. The molecule has 0 fully saturated rings. The molecular weight excluding hydrogens is 368 g/mol. The van der Waals surface area contributed by atoms with E-state index in [0.29, 0.717) is 0 Å². The van der Waals surface area contributed by atoms with Gasteiger partial charge in [-0.15, -0.1) is 0 Å². The number of benzene rings is 2. The van der Waals surface area contributed by atoms with Gasteiger partial charge in [-0.25, -0.2) is 0 Å². The van der Waals surface area contributed by atoms with Crippen molar-refractivity contribution in [2.24, 2.45) is 0 Å². The lowest BCUT2D eigenvalue weighted by Crippen LogP contribution is -2.37. The van der Waals surface area contributed by atoms with E-state index in [1.807, 2.05) is 12.1 Å². The van der Waals surface area contributed by atoms with Crippen molar-refractivity contribution in [2.75, 3.05) is 11.4 Å². The molecule has 0 saturated carbocycles. The number of aryl methyl sites for hydroxylation is 1. The Hall–Kier alpha value is -3.07. The Bertz CT molecular complexity index is 1070. The third kappa shape index (κ3) is 4.25. The normalized spacial score (nSPS) is 14.6. The SMILES string of the molecule is CCCCN1C(=CC=Cc2ccc3ccccc3[n+]2CCCC)Oc2ccccc21. The number of unbranched alkanes of at least 4 members (excludes halogenated alkanes) is 2. The summed E-state index contributed by atoms with van der Waals surface area (Å²) in [7, 11) is 0. The lowest BCUT2D eigenvalue weighted by Gasteiger charge is -2.17. The van der Waals surface area contributed by atoms with Crippen molar-refractivity contribution < 1.29 is 9.30 Å². The number of allylic oxidation sites excluding steroid dienone is 2. The van der Waals surface area contributed by atoms with E-state index in [9.17, 15) is 0 Å². The molecule has 0 radical (unpaired) electrons. The van der Waals surface area contributed by atoms with E-state index >= 15 is 0 Å². The molecule has 0 spiro atoms. The zero-order chi connectivity index (χ0) is 20.8. The van der Waals surface area contributed by atoms with Crippen LogP contribution in [0, 0.1) is 0 Å². The number of anilines is 1. The standard InChI is InChI=1S/C27H31N2O/c1-3-5-20-28-23(19-18-22-12-7-8-14-24(22)28)13-11-17-27-29(21-6-4-2)25-15-9-10-16-26(25)30-27/h7-19H,3-6,20-21H2,1-2H3/q+1. The molecule has 3 nitrogen and oxygen atoms in total. The highest BCUT2D eigenvalue weighted by molar-refractivity contribution is 5.76. The van der Waals surface area contributed by atoms with Crippen LogP contribution in [-0.2, 0) is 6.54 Å². The second-order valence-electron chi connectivity index (χ2n) is 7.76. The van der Waals surface area contributed by atoms with Gasteiger partial charge in [-0.05, 0) is 36.8 Å². The quantitative estimate of drug-likeness (QED) is 0.403. The summed E-state index contributed by atoms with van der Waals surface area (Å²) < 4.78 is 8.57. The highest BCUT2D eigenvalue weighted by Gasteiger charge is 2.24. The first-order valence-electron chi connectivity index (χ1n) is 11.2. The Morgan fingerprint density at radius 2 is 1.70 bits per heavy atom. The van der Waals surface area contributed by atoms with E-state index in [-0.39, 0.29) is 0 Å². The number of hydrogen-bond donors (Lipinski definition) is 0. The Balaban J connectivity index is 1.63. The predicted octanol–water partition coefficient (Wildman–Crippen LogP) is 6.48. The van der Waals surface area contributed by atoms with Crippen molar-refractivity contribution in [2.45, 2.75) is 46.1 Å². The molecule has 30 heavy (non-hydrogen) atoms. The number of rotatable bonds is 8. The largest absolute Gasteiger partial charge is 0.439 e. The number of para-hydroxylation sites is 3. The van der Waals surface area contributed by atoms with Crippen molar-refractivity contribution in [1.29, 1.82) is 0 Å². The fourth-order valence-corrected chi connectivity index (χ4v) is 3.94. The molecule has 0 atom stereocenters. The number of fused-ring (bicyclic) bond motifs is 2. The molecule has 2 heterocycles. The number of pyridine rings is 1. The summed E-state index contributed by atoms with van der Waals surface area (Å²) in [4.78, 5) is 2.29. The van der Waals surface area contributed by atoms with E-state index in [1.54, 1.807) is 0 Å². The van der Waals surface area contributed by atoms with Crippen molar-refractivity contribution in [3.63, 3.8) is 0 Å². The molecule has 0 unspecified atom stereocenters. The smallest absolute Gasteiger partial charge is 0.212 e. The van der Waals surface area contributed by atoms with Gasteiger partial charge in [0.25, 0.3) is 0 Å². The zero-order valence-corrected chi connectivity index (χ0v) is 18.1. The van der Waals surface area contributed by atoms with Crippen molar-refractivity contribution in [3.8, 4) is 5.75 Å². The van der Waals surface area contributed by atoms with E-state index in [1.165, 1.54) is 29.4 Å². The fourth-order valence-electron chi connectivity index (χ4n) is 3.94. The first kappa shape index (κ1) is 20.2. The summed E-state index contributed by atoms with van der Waals surface area (Å²) in [5, 5.41) is 1.28. The maximum absolute atomic E-state index is 6.15.